The molecule has 2 N–H and O–H groups in total. The van der Waals surface area contributed by atoms with Crippen LogP contribution in [-0.4, -0.2) is 16.6 Å². The van der Waals surface area contributed by atoms with E-state index in [1.54, 1.807) is 12.1 Å². The summed E-state index contributed by atoms with van der Waals surface area (Å²) in [5.74, 6) is -0.404. The Labute approximate surface area is 187 Å². The van der Waals surface area contributed by atoms with Crippen molar-refractivity contribution < 1.29 is 22.7 Å². The first kappa shape index (κ1) is 24.0. The molecule has 3 rings (SSSR count). The van der Waals surface area contributed by atoms with E-state index in [1.807, 2.05) is 19.1 Å². The summed E-state index contributed by atoms with van der Waals surface area (Å²) in [5, 5.41) is 12.3. The molecule has 0 radical (unpaired) electrons. The van der Waals surface area contributed by atoms with Gasteiger partial charge in [-0.1, -0.05) is 45.1 Å². The van der Waals surface area contributed by atoms with E-state index in [-0.39, 0.29) is 42.1 Å². The largest absolute Gasteiger partial charge is 0.511 e. The van der Waals surface area contributed by atoms with Gasteiger partial charge in [0.15, 0.2) is 0 Å². The Balaban J connectivity index is 1.70. The van der Waals surface area contributed by atoms with Crippen LogP contribution in [0.2, 0.25) is 0 Å². The van der Waals surface area contributed by atoms with Gasteiger partial charge in [0.25, 0.3) is 0 Å². The van der Waals surface area contributed by atoms with Gasteiger partial charge in [0.05, 0.1) is 12.2 Å². The number of aliphatic hydroxyl groups excluding tert-OH is 1. The summed E-state index contributed by atoms with van der Waals surface area (Å²) in [6.07, 6.45) is 0.838. The molecule has 1 heterocycles. The summed E-state index contributed by atoms with van der Waals surface area (Å²) in [7, 11) is 0. The van der Waals surface area contributed by atoms with Crippen LogP contribution in [0.25, 0.3) is 11.5 Å². The number of halogens is 3. The number of hydrogen-bond acceptors (Lipinski definition) is 4. The number of rotatable bonds is 9. The van der Waals surface area contributed by atoms with E-state index in [0.29, 0.717) is 12.0 Å². The van der Waals surface area contributed by atoms with Crippen molar-refractivity contribution in [1.29, 1.82) is 0 Å². The Morgan fingerprint density at radius 3 is 2.75 bits per heavy atom. The van der Waals surface area contributed by atoms with Gasteiger partial charge in [0.2, 0.25) is 11.7 Å². The molecule has 0 spiro atoms. The highest BCUT2D eigenvalue weighted by Crippen LogP contribution is 2.38. The Hall–Kier alpha value is -2.70. The summed E-state index contributed by atoms with van der Waals surface area (Å²) >= 11 is 0. The lowest BCUT2D eigenvalue weighted by Crippen LogP contribution is -2.26. The van der Waals surface area contributed by atoms with Crippen LogP contribution in [0.1, 0.15) is 56.0 Å². The summed E-state index contributed by atoms with van der Waals surface area (Å²) in [6, 6.07) is 7.28. The highest BCUT2D eigenvalue weighted by molar-refractivity contribution is 5.55. The minimum Gasteiger partial charge on any atom is -0.511 e. The third kappa shape index (κ3) is 6.17. The van der Waals surface area contributed by atoms with Crippen molar-refractivity contribution in [2.75, 3.05) is 6.54 Å². The van der Waals surface area contributed by atoms with Gasteiger partial charge in [0.1, 0.15) is 5.76 Å². The fourth-order valence-electron chi connectivity index (χ4n) is 4.36. The maximum Gasteiger partial charge on any atom is 0.451 e. The molecule has 2 unspecified atom stereocenters. The summed E-state index contributed by atoms with van der Waals surface area (Å²) in [4.78, 5) is 4.26. The number of oxazole rings is 1. The van der Waals surface area contributed by atoms with Gasteiger partial charge in [-0.15, -0.1) is 0 Å². The highest BCUT2D eigenvalue weighted by atomic mass is 19.4. The molecular weight excluding hydrogens is 417 g/mol. The van der Waals surface area contributed by atoms with Crippen LogP contribution < -0.4 is 5.32 Å². The lowest BCUT2D eigenvalue weighted by molar-refractivity contribution is -0.153. The molecule has 0 amide bonds. The number of nitrogens with one attached hydrogen (secondary N) is 1. The van der Waals surface area contributed by atoms with Crippen molar-refractivity contribution >= 4 is 0 Å². The maximum absolute atomic E-state index is 13.6. The number of benzene rings is 1. The molecule has 1 aliphatic carbocycles. The lowest BCUT2D eigenvalue weighted by Gasteiger charge is -2.30. The second kappa shape index (κ2) is 10.3. The zero-order valence-corrected chi connectivity index (χ0v) is 18.5. The van der Waals surface area contributed by atoms with E-state index in [9.17, 15) is 18.3 Å². The number of allylic oxidation sites excluding steroid dienone is 1. The molecule has 0 saturated heterocycles. The predicted octanol–water partition coefficient (Wildman–Crippen LogP) is 6.84. The van der Waals surface area contributed by atoms with Crippen molar-refractivity contribution in [3.8, 4) is 11.5 Å². The van der Waals surface area contributed by atoms with Crippen molar-refractivity contribution in [2.24, 2.45) is 11.8 Å². The van der Waals surface area contributed by atoms with Crippen LogP contribution in [0.15, 0.2) is 53.3 Å². The van der Waals surface area contributed by atoms with E-state index < -0.39 is 11.9 Å². The van der Waals surface area contributed by atoms with Crippen molar-refractivity contribution in [2.45, 2.75) is 58.0 Å². The van der Waals surface area contributed by atoms with Gasteiger partial charge in [-0.2, -0.15) is 13.2 Å². The van der Waals surface area contributed by atoms with Crippen LogP contribution >= 0.6 is 0 Å². The molecule has 4 nitrogen and oxygen atoms in total. The Kier molecular flexibility index (Phi) is 7.69. The number of alkyl halides is 3. The van der Waals surface area contributed by atoms with E-state index in [4.69, 9.17) is 4.42 Å². The summed E-state index contributed by atoms with van der Waals surface area (Å²) in [5.41, 5.74) is 2.40. The monoisotopic (exact) mass is 448 g/mol. The van der Waals surface area contributed by atoms with E-state index in [2.05, 4.69) is 23.5 Å². The Bertz CT molecular complexity index is 949. The normalized spacial score (nSPS) is 19.0. The smallest absolute Gasteiger partial charge is 0.451 e. The molecule has 1 aromatic heterocycles. The standard InChI is InChI=1S/C25H31F3N2O2/c1-4-18-7-5-10-21(13-18)24-30-22(23(32-24)25(26,27)28)12-11-19-8-6-9-20(14-19)17(3)29-15-16(2)31/h5,7,10,13,19-20,29,31H,2-4,6,8-9,11-12,14-15H2,1H3. The number of aliphatic hydroxyl groups is 1. The minimum atomic E-state index is -4.58. The molecule has 2 aromatic rings. The molecule has 174 valence electrons. The number of nitrogens with zero attached hydrogens (tertiary/aromatic N) is 1. The Morgan fingerprint density at radius 1 is 1.28 bits per heavy atom. The molecule has 1 aliphatic rings. The van der Waals surface area contributed by atoms with Crippen LogP contribution in [-0.2, 0) is 19.0 Å². The average molecular weight is 449 g/mol. The fourth-order valence-corrected chi connectivity index (χ4v) is 4.36. The first-order valence-electron chi connectivity index (χ1n) is 11.1. The van der Waals surface area contributed by atoms with Crippen molar-refractivity contribution in [3.63, 3.8) is 0 Å². The Morgan fingerprint density at radius 2 is 2.06 bits per heavy atom. The van der Waals surface area contributed by atoms with E-state index >= 15 is 0 Å². The molecule has 7 heteroatoms. The predicted molar refractivity (Wildman–Crippen MR) is 119 cm³/mol. The lowest BCUT2D eigenvalue weighted by atomic mass is 9.78. The third-order valence-electron chi connectivity index (χ3n) is 6.12. The number of aromatic nitrogens is 1. The van der Waals surface area contributed by atoms with Gasteiger partial charge in [0, 0.05) is 11.3 Å². The molecule has 0 bridgehead atoms. The SMILES string of the molecule is C=C(O)CNC(=C)C1CCCC(CCc2nc(-c3cccc(CC)c3)oc2C(F)(F)F)C1. The minimum absolute atomic E-state index is 0.0194. The third-order valence-corrected chi connectivity index (χ3v) is 6.12. The van der Waals surface area contributed by atoms with Gasteiger partial charge in [-0.05, 0) is 61.6 Å². The van der Waals surface area contributed by atoms with Gasteiger partial charge < -0.3 is 14.8 Å². The molecule has 32 heavy (non-hydrogen) atoms. The first-order valence-corrected chi connectivity index (χ1v) is 11.1. The average Bonchev–Trinajstić information content (AvgIpc) is 3.21. The molecule has 2 atom stereocenters. The summed E-state index contributed by atoms with van der Waals surface area (Å²) in [6.45, 7) is 9.77. The zero-order chi connectivity index (χ0) is 23.3. The topological polar surface area (TPSA) is 58.3 Å². The van der Waals surface area contributed by atoms with Gasteiger partial charge in [-0.3, -0.25) is 0 Å². The number of hydrogen-bond donors (Lipinski definition) is 2. The van der Waals surface area contributed by atoms with Crippen molar-refractivity contribution in [3.05, 3.63) is 65.9 Å². The molecule has 1 fully saturated rings. The van der Waals surface area contributed by atoms with Crippen LogP contribution in [0.5, 0.6) is 0 Å². The maximum atomic E-state index is 13.6. The fraction of sp³-hybridized carbons (Fsp3) is 0.480. The second-order valence-corrected chi connectivity index (χ2v) is 8.56. The van der Waals surface area contributed by atoms with E-state index in [0.717, 1.165) is 43.4 Å². The zero-order valence-electron chi connectivity index (χ0n) is 18.5. The molecule has 1 aromatic carbocycles. The molecule has 0 aliphatic heterocycles. The molecule has 1 saturated carbocycles. The van der Waals surface area contributed by atoms with E-state index in [1.165, 1.54) is 0 Å². The van der Waals surface area contributed by atoms with Crippen molar-refractivity contribution in [1.82, 2.24) is 10.3 Å². The second-order valence-electron chi connectivity index (χ2n) is 8.56. The summed E-state index contributed by atoms with van der Waals surface area (Å²) < 4.78 is 46.1. The first-order chi connectivity index (χ1) is 15.2. The highest BCUT2D eigenvalue weighted by Gasteiger charge is 2.39. The van der Waals surface area contributed by atoms with Crippen LogP contribution in [0.3, 0.4) is 0 Å². The van der Waals surface area contributed by atoms with Crippen LogP contribution in [0.4, 0.5) is 13.2 Å². The van der Waals surface area contributed by atoms with Gasteiger partial charge in [-0.25, -0.2) is 4.98 Å². The van der Waals surface area contributed by atoms with Gasteiger partial charge >= 0.3 is 6.18 Å². The van der Waals surface area contributed by atoms with Crippen LogP contribution in [0, 0.1) is 11.8 Å². The quantitative estimate of drug-likeness (QED) is 0.413. The molecular formula is C25H31F3N2O2. The number of aryl methyl sites for hydroxylation is 2.